The monoisotopic (exact) mass is 361 g/mol. The van der Waals surface area contributed by atoms with Crippen molar-refractivity contribution < 1.29 is 4.42 Å². The molecule has 6 aromatic rings. The van der Waals surface area contributed by atoms with Gasteiger partial charge in [-0.1, -0.05) is 60.7 Å². The Morgan fingerprint density at radius 2 is 1.43 bits per heavy atom. The first-order valence-corrected chi connectivity index (χ1v) is 9.77. The highest BCUT2D eigenvalue weighted by Gasteiger charge is 2.14. The fraction of sp³-hybridized carbons (Fsp3) is 0.0769. The first-order valence-electron chi connectivity index (χ1n) is 9.77. The van der Waals surface area contributed by atoms with Gasteiger partial charge < -0.3 is 8.98 Å². The zero-order valence-electron chi connectivity index (χ0n) is 15.6. The second kappa shape index (κ2) is 5.74. The fourth-order valence-electron chi connectivity index (χ4n) is 4.54. The van der Waals surface area contributed by atoms with E-state index in [4.69, 9.17) is 4.42 Å². The van der Waals surface area contributed by atoms with Crippen molar-refractivity contribution in [3.63, 3.8) is 0 Å². The predicted molar refractivity (Wildman–Crippen MR) is 118 cm³/mol. The Morgan fingerprint density at radius 3 is 2.32 bits per heavy atom. The van der Waals surface area contributed by atoms with E-state index in [1.807, 2.05) is 12.1 Å². The second-order valence-corrected chi connectivity index (χ2v) is 7.27. The molecule has 2 heteroatoms. The maximum atomic E-state index is 6.26. The maximum absolute atomic E-state index is 6.26. The van der Waals surface area contributed by atoms with Crippen molar-refractivity contribution in [2.45, 2.75) is 13.5 Å². The first kappa shape index (κ1) is 15.5. The van der Waals surface area contributed by atoms with E-state index in [-0.39, 0.29) is 0 Å². The van der Waals surface area contributed by atoms with Gasteiger partial charge in [-0.2, -0.15) is 0 Å². The molecule has 0 bridgehead atoms. The van der Waals surface area contributed by atoms with Crippen LogP contribution in [0.15, 0.2) is 89.3 Å². The minimum absolute atomic E-state index is 0.939. The number of para-hydroxylation sites is 3. The molecule has 28 heavy (non-hydrogen) atoms. The van der Waals surface area contributed by atoms with Gasteiger partial charge in [-0.15, -0.1) is 0 Å². The third-order valence-corrected chi connectivity index (χ3v) is 5.80. The number of benzene rings is 4. The van der Waals surface area contributed by atoms with E-state index in [0.29, 0.717) is 0 Å². The van der Waals surface area contributed by atoms with Gasteiger partial charge >= 0.3 is 0 Å². The van der Waals surface area contributed by atoms with E-state index in [1.165, 1.54) is 38.1 Å². The number of rotatable bonds is 2. The summed E-state index contributed by atoms with van der Waals surface area (Å²) in [6.45, 7) is 3.16. The molecule has 0 unspecified atom stereocenters. The largest absolute Gasteiger partial charge is 0.455 e. The zero-order chi connectivity index (χ0) is 18.7. The number of fused-ring (bicyclic) bond motifs is 6. The molecule has 0 aliphatic rings. The van der Waals surface area contributed by atoms with Gasteiger partial charge in [-0.3, -0.25) is 0 Å². The third kappa shape index (κ3) is 2.03. The van der Waals surface area contributed by atoms with Crippen LogP contribution in [0.3, 0.4) is 0 Å². The number of hydrogen-bond acceptors (Lipinski definition) is 1. The van der Waals surface area contributed by atoms with Crippen molar-refractivity contribution in [2.24, 2.45) is 0 Å². The highest BCUT2D eigenvalue weighted by molar-refractivity contribution is 6.12. The average Bonchev–Trinajstić information content (AvgIpc) is 3.28. The molecule has 0 aliphatic carbocycles. The molecule has 2 nitrogen and oxygen atoms in total. The van der Waals surface area contributed by atoms with Crippen LogP contribution in [0.4, 0.5) is 0 Å². The third-order valence-electron chi connectivity index (χ3n) is 5.80. The average molecular weight is 361 g/mol. The molecule has 0 saturated heterocycles. The number of aromatic nitrogens is 1. The van der Waals surface area contributed by atoms with Gasteiger partial charge in [0.1, 0.15) is 11.2 Å². The summed E-state index contributed by atoms with van der Waals surface area (Å²) in [5.41, 5.74) is 6.80. The van der Waals surface area contributed by atoms with Gasteiger partial charge in [0.2, 0.25) is 0 Å². The lowest BCUT2D eigenvalue weighted by Crippen LogP contribution is -1.92. The summed E-state index contributed by atoms with van der Waals surface area (Å²) in [6, 6.07) is 30.1. The van der Waals surface area contributed by atoms with E-state index in [1.54, 1.807) is 0 Å². The van der Waals surface area contributed by atoms with Crippen LogP contribution in [0.5, 0.6) is 0 Å². The minimum Gasteiger partial charge on any atom is -0.455 e. The molecule has 2 heterocycles. The fourth-order valence-corrected chi connectivity index (χ4v) is 4.54. The maximum Gasteiger partial charge on any atom is 0.143 e. The molecular formula is C26H19NO. The number of nitrogens with zero attached hydrogens (tertiary/aromatic N) is 1. The topological polar surface area (TPSA) is 18.1 Å². The van der Waals surface area contributed by atoms with Crippen LogP contribution in [0.25, 0.3) is 54.9 Å². The molecule has 0 aliphatic heterocycles. The van der Waals surface area contributed by atoms with E-state index in [0.717, 1.165) is 23.3 Å². The number of aryl methyl sites for hydroxylation is 1. The quantitative estimate of drug-likeness (QED) is 0.314. The van der Waals surface area contributed by atoms with E-state index in [9.17, 15) is 0 Å². The van der Waals surface area contributed by atoms with Gasteiger partial charge in [0.15, 0.2) is 0 Å². The summed E-state index contributed by atoms with van der Waals surface area (Å²) >= 11 is 0. The zero-order valence-corrected chi connectivity index (χ0v) is 15.6. The SMILES string of the molecule is CCn1c2ccccc2c2cc(-c3cccc4c3oc3ccccc34)ccc21. The van der Waals surface area contributed by atoms with Crippen molar-refractivity contribution in [3.05, 3.63) is 84.9 Å². The van der Waals surface area contributed by atoms with Crippen molar-refractivity contribution in [3.8, 4) is 11.1 Å². The van der Waals surface area contributed by atoms with Crippen LogP contribution >= 0.6 is 0 Å². The highest BCUT2D eigenvalue weighted by atomic mass is 16.3. The van der Waals surface area contributed by atoms with Gasteiger partial charge in [0.25, 0.3) is 0 Å². The highest BCUT2D eigenvalue weighted by Crippen LogP contribution is 2.38. The molecule has 2 aromatic heterocycles. The van der Waals surface area contributed by atoms with Gasteiger partial charge in [-0.25, -0.2) is 0 Å². The molecule has 6 rings (SSSR count). The summed E-state index contributed by atoms with van der Waals surface area (Å²) in [7, 11) is 0. The van der Waals surface area contributed by atoms with Gasteiger partial charge in [-0.05, 0) is 36.8 Å². The molecule has 0 N–H and O–H groups in total. The molecule has 4 aromatic carbocycles. The van der Waals surface area contributed by atoms with Crippen LogP contribution in [0.2, 0.25) is 0 Å². The summed E-state index contributed by atoms with van der Waals surface area (Å²) in [5, 5.41) is 4.94. The second-order valence-electron chi connectivity index (χ2n) is 7.27. The Hall–Kier alpha value is -3.52. The van der Waals surface area contributed by atoms with Crippen molar-refractivity contribution in [2.75, 3.05) is 0 Å². The summed E-state index contributed by atoms with van der Waals surface area (Å²) in [6.07, 6.45) is 0. The van der Waals surface area contributed by atoms with Crippen molar-refractivity contribution in [1.82, 2.24) is 4.57 Å². The first-order chi connectivity index (χ1) is 13.8. The smallest absolute Gasteiger partial charge is 0.143 e. The Labute approximate surface area is 162 Å². The Bertz CT molecular complexity index is 1500. The molecule has 134 valence electrons. The summed E-state index contributed by atoms with van der Waals surface area (Å²) in [5.74, 6) is 0. The van der Waals surface area contributed by atoms with Crippen LogP contribution in [0.1, 0.15) is 6.92 Å². The Kier molecular flexibility index (Phi) is 3.18. The van der Waals surface area contributed by atoms with E-state index in [2.05, 4.69) is 84.3 Å². The Balaban J connectivity index is 1.68. The molecular weight excluding hydrogens is 342 g/mol. The lowest BCUT2D eigenvalue weighted by molar-refractivity contribution is 0.670. The molecule has 0 radical (unpaired) electrons. The van der Waals surface area contributed by atoms with Gasteiger partial charge in [0.05, 0.1) is 0 Å². The lowest BCUT2D eigenvalue weighted by atomic mass is 10.0. The van der Waals surface area contributed by atoms with Crippen LogP contribution in [-0.2, 0) is 6.54 Å². The molecule has 0 spiro atoms. The van der Waals surface area contributed by atoms with Crippen LogP contribution < -0.4 is 0 Å². The van der Waals surface area contributed by atoms with Gasteiger partial charge in [0, 0.05) is 44.7 Å². The van der Waals surface area contributed by atoms with E-state index >= 15 is 0 Å². The van der Waals surface area contributed by atoms with Crippen LogP contribution in [0, 0.1) is 0 Å². The number of furan rings is 1. The van der Waals surface area contributed by atoms with E-state index < -0.39 is 0 Å². The lowest BCUT2D eigenvalue weighted by Gasteiger charge is -2.05. The molecule has 0 saturated carbocycles. The standard InChI is InChI=1S/C26H19NO/c1-2-27-23-12-5-3-8-19(23)22-16-17(14-15-24(22)27)18-10-7-11-21-20-9-4-6-13-25(20)28-26(18)21/h3-16H,2H2,1H3. The van der Waals surface area contributed by atoms with Crippen LogP contribution in [-0.4, -0.2) is 4.57 Å². The Morgan fingerprint density at radius 1 is 0.679 bits per heavy atom. The molecule has 0 amide bonds. The summed E-state index contributed by atoms with van der Waals surface area (Å²) in [4.78, 5) is 0. The number of hydrogen-bond donors (Lipinski definition) is 0. The normalized spacial score (nSPS) is 11.9. The molecule has 0 fully saturated rings. The summed E-state index contributed by atoms with van der Waals surface area (Å²) < 4.78 is 8.64. The minimum atomic E-state index is 0.939. The van der Waals surface area contributed by atoms with Crippen molar-refractivity contribution >= 4 is 43.7 Å². The molecule has 0 atom stereocenters. The van der Waals surface area contributed by atoms with Crippen molar-refractivity contribution in [1.29, 1.82) is 0 Å². The predicted octanol–water partition coefficient (Wildman–Crippen LogP) is 7.38.